The van der Waals surface area contributed by atoms with Crippen molar-refractivity contribution in [1.82, 2.24) is 14.8 Å². The van der Waals surface area contributed by atoms with E-state index in [0.717, 1.165) is 23.9 Å². The highest BCUT2D eigenvalue weighted by Crippen LogP contribution is 2.43. The minimum Gasteiger partial charge on any atom is -0.481 e. The van der Waals surface area contributed by atoms with Crippen LogP contribution in [-0.4, -0.2) is 31.6 Å². The summed E-state index contributed by atoms with van der Waals surface area (Å²) in [4.78, 5) is 10.7. The van der Waals surface area contributed by atoms with E-state index in [9.17, 15) is 4.79 Å². The number of rotatable bonds is 6. The van der Waals surface area contributed by atoms with Crippen LogP contribution in [0.2, 0.25) is 0 Å². The lowest BCUT2D eigenvalue weighted by atomic mass is 9.82. The summed E-state index contributed by atoms with van der Waals surface area (Å²) >= 11 is 1.26. The average Bonchev–Trinajstić information content (AvgIpc) is 3.03. The van der Waals surface area contributed by atoms with Crippen molar-refractivity contribution in [3.05, 3.63) is 5.82 Å². The summed E-state index contributed by atoms with van der Waals surface area (Å²) < 4.78 is 2.10. The van der Waals surface area contributed by atoms with E-state index in [-0.39, 0.29) is 11.2 Å². The zero-order chi connectivity index (χ0) is 13.9. The van der Waals surface area contributed by atoms with Gasteiger partial charge >= 0.3 is 5.97 Å². The molecular weight excluding hydrogens is 262 g/mol. The van der Waals surface area contributed by atoms with Crippen LogP contribution in [0, 0.1) is 0 Å². The normalized spacial score (nSPS) is 17.8. The summed E-state index contributed by atoms with van der Waals surface area (Å²) in [6, 6.07) is 0. The minimum absolute atomic E-state index is 0.0389. The number of carboxylic acid groups (broad SMARTS) is 1. The summed E-state index contributed by atoms with van der Waals surface area (Å²) in [5.41, 5.74) is 0.158. The third kappa shape index (κ3) is 2.78. The summed E-state index contributed by atoms with van der Waals surface area (Å²) in [6.07, 6.45) is 5.93. The van der Waals surface area contributed by atoms with Crippen molar-refractivity contribution in [2.75, 3.05) is 5.75 Å². The quantitative estimate of drug-likeness (QED) is 0.813. The van der Waals surface area contributed by atoms with E-state index in [1.165, 1.54) is 37.4 Å². The maximum atomic E-state index is 10.7. The molecule has 1 aliphatic carbocycles. The maximum absolute atomic E-state index is 10.7. The molecule has 19 heavy (non-hydrogen) atoms. The monoisotopic (exact) mass is 283 g/mol. The van der Waals surface area contributed by atoms with E-state index in [1.54, 1.807) is 0 Å². The molecule has 5 nitrogen and oxygen atoms in total. The molecule has 1 N–H and O–H groups in total. The van der Waals surface area contributed by atoms with Gasteiger partial charge in [-0.3, -0.25) is 4.79 Å². The molecule has 0 aliphatic heterocycles. The largest absolute Gasteiger partial charge is 0.481 e. The predicted molar refractivity (Wildman–Crippen MR) is 74.5 cm³/mol. The summed E-state index contributed by atoms with van der Waals surface area (Å²) in [6.45, 7) is 5.08. The molecule has 0 atom stereocenters. The highest BCUT2D eigenvalue weighted by atomic mass is 32.2. The van der Waals surface area contributed by atoms with E-state index in [4.69, 9.17) is 5.11 Å². The zero-order valence-corrected chi connectivity index (χ0v) is 12.4. The second kappa shape index (κ2) is 5.94. The molecule has 1 fully saturated rings. The highest BCUT2D eigenvalue weighted by molar-refractivity contribution is 7.99. The Kier molecular flexibility index (Phi) is 4.50. The van der Waals surface area contributed by atoms with E-state index >= 15 is 0 Å². The van der Waals surface area contributed by atoms with E-state index in [0.29, 0.717) is 0 Å². The number of nitrogens with zero attached hydrogens (tertiary/aromatic N) is 3. The van der Waals surface area contributed by atoms with Crippen molar-refractivity contribution >= 4 is 17.7 Å². The molecule has 6 heteroatoms. The second-order valence-corrected chi connectivity index (χ2v) is 6.02. The van der Waals surface area contributed by atoms with Crippen LogP contribution in [0.15, 0.2) is 5.16 Å². The Labute approximate surface area is 117 Å². The number of aliphatic carboxylic acids is 1. The van der Waals surface area contributed by atoms with Crippen LogP contribution in [-0.2, 0) is 16.8 Å². The molecule has 0 aromatic carbocycles. The highest BCUT2D eigenvalue weighted by Gasteiger charge is 2.38. The van der Waals surface area contributed by atoms with Gasteiger partial charge in [-0.1, -0.05) is 31.5 Å². The summed E-state index contributed by atoms with van der Waals surface area (Å²) in [5, 5.41) is 18.1. The van der Waals surface area contributed by atoms with Gasteiger partial charge in [-0.05, 0) is 26.2 Å². The lowest BCUT2D eigenvalue weighted by Gasteiger charge is -2.26. The lowest BCUT2D eigenvalue weighted by Crippen LogP contribution is -2.26. The molecular formula is C13H21N3O2S. The van der Waals surface area contributed by atoms with Gasteiger partial charge in [0.15, 0.2) is 5.16 Å². The first-order valence-electron chi connectivity index (χ1n) is 6.91. The van der Waals surface area contributed by atoms with Gasteiger partial charge in [-0.2, -0.15) is 0 Å². The van der Waals surface area contributed by atoms with E-state index in [1.807, 2.05) is 0 Å². The molecule has 0 radical (unpaired) electrons. The molecule has 106 valence electrons. The van der Waals surface area contributed by atoms with Gasteiger partial charge < -0.3 is 9.67 Å². The molecule has 1 aromatic heterocycles. The molecule has 0 saturated heterocycles. The van der Waals surface area contributed by atoms with Crippen LogP contribution in [0.1, 0.15) is 51.8 Å². The molecule has 2 rings (SSSR count). The third-order valence-corrected chi connectivity index (χ3v) is 5.02. The van der Waals surface area contributed by atoms with Crippen LogP contribution < -0.4 is 0 Å². The fraction of sp³-hybridized carbons (Fsp3) is 0.769. The number of carbonyl (C=O) groups is 1. The minimum atomic E-state index is -0.816. The topological polar surface area (TPSA) is 68.0 Å². The summed E-state index contributed by atoms with van der Waals surface area (Å²) in [5.74, 6) is 0.281. The van der Waals surface area contributed by atoms with Gasteiger partial charge in [0.05, 0.1) is 5.75 Å². The molecule has 0 spiro atoms. The molecule has 0 bridgehead atoms. The van der Waals surface area contributed by atoms with Gasteiger partial charge in [-0.15, -0.1) is 10.2 Å². The first-order valence-corrected chi connectivity index (χ1v) is 7.90. The van der Waals surface area contributed by atoms with Crippen LogP contribution in [0.3, 0.4) is 0 Å². The van der Waals surface area contributed by atoms with Crippen LogP contribution in [0.4, 0.5) is 0 Å². The molecule has 0 unspecified atom stereocenters. The van der Waals surface area contributed by atoms with Gasteiger partial charge in [0.1, 0.15) is 5.82 Å². The SMILES string of the molecule is CCn1c(SCC(=O)O)nnc1C1(CC)CCCC1. The number of carboxylic acids is 1. The number of aromatic nitrogens is 3. The Morgan fingerprint density at radius 2 is 2.05 bits per heavy atom. The van der Waals surface area contributed by atoms with Gasteiger partial charge in [-0.25, -0.2) is 0 Å². The van der Waals surface area contributed by atoms with Crippen molar-refractivity contribution in [3.8, 4) is 0 Å². The molecule has 0 amide bonds. The Bertz CT molecular complexity index is 453. The first kappa shape index (κ1) is 14.4. The van der Waals surface area contributed by atoms with E-state index in [2.05, 4.69) is 28.6 Å². The van der Waals surface area contributed by atoms with Crippen molar-refractivity contribution < 1.29 is 9.90 Å². The lowest BCUT2D eigenvalue weighted by molar-refractivity contribution is -0.133. The Morgan fingerprint density at radius 1 is 1.37 bits per heavy atom. The van der Waals surface area contributed by atoms with Gasteiger partial charge in [0.2, 0.25) is 0 Å². The van der Waals surface area contributed by atoms with Gasteiger partial charge in [0.25, 0.3) is 0 Å². The first-order chi connectivity index (χ1) is 9.13. The van der Waals surface area contributed by atoms with Crippen LogP contribution in [0.25, 0.3) is 0 Å². The Hall–Kier alpha value is -1.04. The van der Waals surface area contributed by atoms with Crippen LogP contribution >= 0.6 is 11.8 Å². The standard InChI is InChI=1S/C13H21N3O2S/c1-3-13(7-5-6-8-13)11-14-15-12(16(11)4-2)19-9-10(17)18/h3-9H2,1-2H3,(H,17,18). The Balaban J connectivity index is 2.28. The Morgan fingerprint density at radius 3 is 2.58 bits per heavy atom. The fourth-order valence-corrected chi connectivity index (χ4v) is 3.71. The molecule has 1 aromatic rings. The maximum Gasteiger partial charge on any atom is 0.313 e. The van der Waals surface area contributed by atoms with Crippen molar-refractivity contribution in [1.29, 1.82) is 0 Å². The van der Waals surface area contributed by atoms with Crippen molar-refractivity contribution in [2.45, 2.75) is 63.1 Å². The fourth-order valence-electron chi connectivity index (χ4n) is 2.99. The predicted octanol–water partition coefficient (Wildman–Crippen LogP) is 2.70. The smallest absolute Gasteiger partial charge is 0.313 e. The third-order valence-electron chi connectivity index (χ3n) is 4.07. The molecule has 1 saturated carbocycles. The van der Waals surface area contributed by atoms with Crippen molar-refractivity contribution in [2.24, 2.45) is 0 Å². The van der Waals surface area contributed by atoms with Crippen molar-refractivity contribution in [3.63, 3.8) is 0 Å². The molecule has 1 heterocycles. The second-order valence-electron chi connectivity index (χ2n) is 5.07. The molecule has 1 aliphatic rings. The number of thioether (sulfide) groups is 1. The van der Waals surface area contributed by atoms with E-state index < -0.39 is 5.97 Å². The summed E-state index contributed by atoms with van der Waals surface area (Å²) in [7, 11) is 0. The number of hydrogen-bond donors (Lipinski definition) is 1. The van der Waals surface area contributed by atoms with Crippen LogP contribution in [0.5, 0.6) is 0 Å². The van der Waals surface area contributed by atoms with Gasteiger partial charge in [0, 0.05) is 12.0 Å². The number of hydrogen-bond acceptors (Lipinski definition) is 4. The zero-order valence-electron chi connectivity index (χ0n) is 11.6. The average molecular weight is 283 g/mol.